The number of hydrogen-bond acceptors (Lipinski definition) is 5. The molecule has 2 heterocycles. The molecule has 1 aliphatic heterocycles. The smallest absolute Gasteiger partial charge is 0.344 e. The summed E-state index contributed by atoms with van der Waals surface area (Å²) in [5, 5.41) is 3.33. The third-order valence-corrected chi connectivity index (χ3v) is 3.17. The minimum absolute atomic E-state index is 0.118. The van der Waals surface area contributed by atoms with Gasteiger partial charge in [-0.3, -0.25) is 0 Å². The van der Waals surface area contributed by atoms with Gasteiger partial charge in [-0.15, -0.1) is 0 Å². The molecule has 0 atom stereocenters. The highest BCUT2D eigenvalue weighted by Crippen LogP contribution is 2.33. The second-order valence-corrected chi connectivity index (χ2v) is 4.64. The molecule has 1 saturated heterocycles. The number of rotatable bonds is 2. The molecule has 0 amide bonds. The molecule has 1 aromatic heterocycles. The zero-order chi connectivity index (χ0) is 15.1. The first kappa shape index (κ1) is 14.0. The third kappa shape index (κ3) is 2.64. The number of aromatic nitrogens is 2. The molecular weight excluding hydrogens is 289 g/mol. The molecule has 0 spiro atoms. The Bertz CT molecular complexity index is 631. The third-order valence-electron chi connectivity index (χ3n) is 3.17. The Morgan fingerprint density at radius 2 is 1.71 bits per heavy atom. The van der Waals surface area contributed by atoms with Crippen LogP contribution in [0.15, 0.2) is 28.8 Å². The first-order valence-corrected chi connectivity index (χ1v) is 6.18. The summed E-state index contributed by atoms with van der Waals surface area (Å²) in [6, 6.07) is 6.59. The van der Waals surface area contributed by atoms with Crippen LogP contribution in [-0.2, 0) is 21.4 Å². The van der Waals surface area contributed by atoms with Gasteiger partial charge in [0.25, 0.3) is 0 Å². The van der Waals surface area contributed by atoms with Crippen molar-refractivity contribution in [3.05, 3.63) is 35.7 Å². The summed E-state index contributed by atoms with van der Waals surface area (Å²) in [4.78, 5) is 3.33. The number of benzene rings is 1. The van der Waals surface area contributed by atoms with E-state index in [1.807, 2.05) is 0 Å². The zero-order valence-electron chi connectivity index (χ0n) is 11.0. The van der Waals surface area contributed by atoms with Crippen molar-refractivity contribution in [2.24, 2.45) is 0 Å². The number of alkyl halides is 3. The fraction of sp³-hybridized carbons (Fsp3) is 0.385. The van der Waals surface area contributed by atoms with Gasteiger partial charge in [0.2, 0.25) is 5.82 Å². The van der Waals surface area contributed by atoms with Crippen molar-refractivity contribution in [3.63, 3.8) is 0 Å². The van der Waals surface area contributed by atoms with E-state index in [9.17, 15) is 13.2 Å². The number of ether oxygens (including phenoxy) is 2. The molecule has 1 aliphatic rings. The predicted octanol–water partition coefficient (Wildman–Crippen LogP) is 2.97. The topological polar surface area (TPSA) is 57.4 Å². The Kier molecular flexibility index (Phi) is 3.22. The lowest BCUT2D eigenvalue weighted by molar-refractivity contribution is -0.159. The van der Waals surface area contributed by atoms with Gasteiger partial charge >= 0.3 is 12.1 Å². The second-order valence-electron chi connectivity index (χ2n) is 4.64. The first-order chi connectivity index (χ1) is 9.88. The summed E-state index contributed by atoms with van der Waals surface area (Å²) in [7, 11) is 0. The molecule has 112 valence electrons. The Hall–Kier alpha value is -1.93. The van der Waals surface area contributed by atoms with E-state index < -0.39 is 17.9 Å². The Morgan fingerprint density at radius 1 is 1.10 bits per heavy atom. The predicted molar refractivity (Wildman–Crippen MR) is 64.0 cm³/mol. The maximum atomic E-state index is 12.4. The van der Waals surface area contributed by atoms with Crippen LogP contribution in [0.25, 0.3) is 11.4 Å². The monoisotopic (exact) mass is 300 g/mol. The van der Waals surface area contributed by atoms with Crippen molar-refractivity contribution < 1.29 is 27.2 Å². The molecule has 5 nitrogen and oxygen atoms in total. The summed E-state index contributed by atoms with van der Waals surface area (Å²) in [6.45, 7) is 2.78. The van der Waals surface area contributed by atoms with Crippen LogP contribution >= 0.6 is 0 Å². The lowest BCUT2D eigenvalue weighted by atomic mass is 10.1. The van der Waals surface area contributed by atoms with E-state index >= 15 is 0 Å². The standard InChI is InChI=1S/C13H11F3N2O3/c1-12(19-6-7-20-12)9-4-2-8(3-5-9)10-17-11(21-18-10)13(14,15)16/h2-5H,6-7H2,1H3. The highest BCUT2D eigenvalue weighted by molar-refractivity contribution is 5.55. The maximum Gasteiger partial charge on any atom is 0.471 e. The Morgan fingerprint density at radius 3 is 2.24 bits per heavy atom. The van der Waals surface area contributed by atoms with Crippen molar-refractivity contribution in [3.8, 4) is 11.4 Å². The van der Waals surface area contributed by atoms with E-state index in [0.29, 0.717) is 18.8 Å². The van der Waals surface area contributed by atoms with Crippen molar-refractivity contribution in [1.29, 1.82) is 0 Å². The maximum absolute atomic E-state index is 12.4. The van der Waals surface area contributed by atoms with E-state index in [1.165, 1.54) is 0 Å². The van der Waals surface area contributed by atoms with E-state index in [1.54, 1.807) is 31.2 Å². The van der Waals surface area contributed by atoms with Crippen LogP contribution in [0.4, 0.5) is 13.2 Å². The van der Waals surface area contributed by atoms with Gasteiger partial charge in [0.15, 0.2) is 5.79 Å². The van der Waals surface area contributed by atoms with Gasteiger partial charge in [-0.25, -0.2) is 0 Å². The number of nitrogens with zero attached hydrogens (tertiary/aromatic N) is 2. The lowest BCUT2D eigenvalue weighted by Crippen LogP contribution is -2.22. The van der Waals surface area contributed by atoms with Gasteiger partial charge in [0.1, 0.15) is 0 Å². The molecule has 3 rings (SSSR count). The van der Waals surface area contributed by atoms with Gasteiger partial charge in [0.05, 0.1) is 13.2 Å². The molecule has 8 heteroatoms. The molecule has 1 aromatic carbocycles. The van der Waals surface area contributed by atoms with Crippen molar-refractivity contribution in [2.45, 2.75) is 18.9 Å². The average molecular weight is 300 g/mol. The minimum Gasteiger partial charge on any atom is -0.344 e. The Labute approximate surface area is 117 Å². The summed E-state index contributed by atoms with van der Waals surface area (Å²) >= 11 is 0. The van der Waals surface area contributed by atoms with Crippen LogP contribution in [0.5, 0.6) is 0 Å². The molecule has 0 saturated carbocycles. The van der Waals surface area contributed by atoms with Gasteiger partial charge in [-0.2, -0.15) is 18.2 Å². The van der Waals surface area contributed by atoms with Gasteiger partial charge in [0, 0.05) is 11.1 Å². The summed E-state index contributed by atoms with van der Waals surface area (Å²) in [6.07, 6.45) is -4.65. The second kappa shape index (κ2) is 4.81. The van der Waals surface area contributed by atoms with Gasteiger partial charge in [-0.05, 0) is 6.92 Å². The normalized spacial score (nSPS) is 18.1. The zero-order valence-corrected chi connectivity index (χ0v) is 11.0. The molecule has 0 N–H and O–H groups in total. The minimum atomic E-state index is -4.65. The molecule has 1 fully saturated rings. The van der Waals surface area contributed by atoms with E-state index in [0.717, 1.165) is 5.56 Å². The molecular formula is C13H11F3N2O3. The molecule has 0 unspecified atom stereocenters. The van der Waals surface area contributed by atoms with Gasteiger partial charge in [-0.1, -0.05) is 29.4 Å². The highest BCUT2D eigenvalue weighted by atomic mass is 19.4. The highest BCUT2D eigenvalue weighted by Gasteiger charge is 2.38. The van der Waals surface area contributed by atoms with E-state index in [-0.39, 0.29) is 5.82 Å². The fourth-order valence-corrected chi connectivity index (χ4v) is 2.06. The quantitative estimate of drug-likeness (QED) is 0.853. The SMILES string of the molecule is CC1(c2ccc(-c3noc(C(F)(F)F)n3)cc2)OCCO1. The van der Waals surface area contributed by atoms with E-state index in [4.69, 9.17) is 9.47 Å². The van der Waals surface area contributed by atoms with E-state index in [2.05, 4.69) is 14.7 Å². The van der Waals surface area contributed by atoms with Crippen LogP contribution in [0, 0.1) is 0 Å². The molecule has 21 heavy (non-hydrogen) atoms. The van der Waals surface area contributed by atoms with Crippen LogP contribution in [0.2, 0.25) is 0 Å². The largest absolute Gasteiger partial charge is 0.471 e. The lowest BCUT2D eigenvalue weighted by Gasteiger charge is -2.22. The number of hydrogen-bond donors (Lipinski definition) is 0. The molecule has 2 aromatic rings. The summed E-state index contributed by atoms with van der Waals surface area (Å²) in [5.74, 6) is -2.31. The van der Waals surface area contributed by atoms with Crippen molar-refractivity contribution >= 4 is 0 Å². The number of halogens is 3. The van der Waals surface area contributed by atoms with Crippen LogP contribution in [0.3, 0.4) is 0 Å². The fourth-order valence-electron chi connectivity index (χ4n) is 2.06. The van der Waals surface area contributed by atoms with Crippen LogP contribution < -0.4 is 0 Å². The molecule has 0 bridgehead atoms. The summed E-state index contributed by atoms with van der Waals surface area (Å²) in [5.41, 5.74) is 1.18. The molecule has 0 aliphatic carbocycles. The van der Waals surface area contributed by atoms with Gasteiger partial charge < -0.3 is 14.0 Å². The van der Waals surface area contributed by atoms with Crippen molar-refractivity contribution in [2.75, 3.05) is 13.2 Å². The Balaban J connectivity index is 1.86. The average Bonchev–Trinajstić information content (AvgIpc) is 3.08. The first-order valence-electron chi connectivity index (χ1n) is 6.18. The van der Waals surface area contributed by atoms with Crippen LogP contribution in [0.1, 0.15) is 18.4 Å². The molecule has 0 radical (unpaired) electrons. The van der Waals surface area contributed by atoms with Crippen molar-refractivity contribution in [1.82, 2.24) is 10.1 Å². The van der Waals surface area contributed by atoms with Crippen LogP contribution in [-0.4, -0.2) is 23.4 Å². The summed E-state index contributed by atoms with van der Waals surface area (Å²) < 4.78 is 52.4.